The van der Waals surface area contributed by atoms with Crippen molar-refractivity contribution in [1.29, 1.82) is 0 Å². The summed E-state index contributed by atoms with van der Waals surface area (Å²) in [5.74, 6) is 3.18. The average Bonchev–Trinajstić information content (AvgIpc) is 2.80. The van der Waals surface area contributed by atoms with E-state index in [1.54, 1.807) is 0 Å². The second-order valence-electron chi connectivity index (χ2n) is 11.7. The van der Waals surface area contributed by atoms with Gasteiger partial charge in [-0.15, -0.1) is 0 Å². The molecular formula is C32H48O4. The first-order valence-corrected chi connectivity index (χ1v) is 13.9. The maximum Gasteiger partial charge on any atom is 0.126 e. The van der Waals surface area contributed by atoms with Gasteiger partial charge >= 0.3 is 0 Å². The quantitative estimate of drug-likeness (QED) is 0.322. The van der Waals surface area contributed by atoms with Gasteiger partial charge in [-0.3, -0.25) is 0 Å². The van der Waals surface area contributed by atoms with Crippen LogP contribution >= 0.6 is 0 Å². The van der Waals surface area contributed by atoms with Crippen LogP contribution in [0.25, 0.3) is 0 Å². The van der Waals surface area contributed by atoms with Crippen LogP contribution in [0.3, 0.4) is 0 Å². The second-order valence-corrected chi connectivity index (χ2v) is 11.7. The molecular weight excluding hydrogens is 448 g/mol. The average molecular weight is 497 g/mol. The Labute approximate surface area is 219 Å². The first-order chi connectivity index (χ1) is 17.1. The van der Waals surface area contributed by atoms with Crippen LogP contribution in [0.1, 0.15) is 132 Å². The Kier molecular flexibility index (Phi) is 9.51. The number of aliphatic hydroxyl groups excluding tert-OH is 2. The smallest absolute Gasteiger partial charge is 0.126 e. The fourth-order valence-electron chi connectivity index (χ4n) is 5.52. The SMILES string of the molecule is CC(C)c1cc(C2(c3cc(C(C)C)c(OCCO)c(C(C)C)c3)CCC2)cc(C(C)C)c1OCCO. The molecule has 1 aliphatic carbocycles. The van der Waals surface area contributed by atoms with E-state index in [4.69, 9.17) is 9.47 Å². The Balaban J connectivity index is 2.26. The van der Waals surface area contributed by atoms with Crippen LogP contribution in [0.5, 0.6) is 11.5 Å². The summed E-state index contributed by atoms with van der Waals surface area (Å²) in [4.78, 5) is 0. The van der Waals surface area contributed by atoms with Gasteiger partial charge in [-0.2, -0.15) is 0 Å². The summed E-state index contributed by atoms with van der Waals surface area (Å²) in [5.41, 5.74) is 7.65. The van der Waals surface area contributed by atoms with Crippen LogP contribution in [-0.4, -0.2) is 36.6 Å². The molecule has 1 saturated carbocycles. The minimum atomic E-state index is -0.0222. The first kappa shape index (κ1) is 28.5. The van der Waals surface area contributed by atoms with E-state index >= 15 is 0 Å². The predicted octanol–water partition coefficient (Wildman–Crippen LogP) is 7.39. The van der Waals surface area contributed by atoms with Crippen molar-refractivity contribution < 1.29 is 19.7 Å². The molecule has 0 amide bonds. The van der Waals surface area contributed by atoms with E-state index in [1.165, 1.54) is 39.8 Å². The van der Waals surface area contributed by atoms with Crippen molar-refractivity contribution in [2.24, 2.45) is 0 Å². The van der Waals surface area contributed by atoms with Gasteiger partial charge in [-0.25, -0.2) is 0 Å². The normalized spacial score (nSPS) is 15.2. The molecule has 0 radical (unpaired) electrons. The van der Waals surface area contributed by atoms with Crippen molar-refractivity contribution in [3.05, 3.63) is 57.6 Å². The molecule has 2 aromatic carbocycles. The summed E-state index contributed by atoms with van der Waals surface area (Å²) in [6.07, 6.45) is 3.48. The Bertz CT molecular complexity index is 879. The molecule has 0 heterocycles. The van der Waals surface area contributed by atoms with E-state index in [2.05, 4.69) is 79.7 Å². The molecule has 1 fully saturated rings. The zero-order valence-corrected chi connectivity index (χ0v) is 23.8. The van der Waals surface area contributed by atoms with Gasteiger partial charge in [0.15, 0.2) is 0 Å². The Morgan fingerprint density at radius 1 is 0.611 bits per heavy atom. The van der Waals surface area contributed by atoms with Crippen molar-refractivity contribution in [3.8, 4) is 11.5 Å². The van der Waals surface area contributed by atoms with Gasteiger partial charge in [0.25, 0.3) is 0 Å². The lowest BCUT2D eigenvalue weighted by molar-refractivity contribution is 0.198. The standard InChI is InChI=1S/C32H48O4/c1-20(2)26-16-24(17-27(21(3)4)30(26)35-14-12-33)32(10-9-11-32)25-18-28(22(5)6)31(36-15-13-34)29(19-25)23(7)8/h16-23,33-34H,9-15H2,1-8H3. The highest BCUT2D eigenvalue weighted by Gasteiger charge is 2.42. The lowest BCUT2D eigenvalue weighted by atomic mass is 9.59. The molecule has 0 saturated heterocycles. The van der Waals surface area contributed by atoms with E-state index in [1.807, 2.05) is 0 Å². The summed E-state index contributed by atoms with van der Waals surface area (Å²) < 4.78 is 12.3. The zero-order valence-electron chi connectivity index (χ0n) is 23.8. The monoisotopic (exact) mass is 496 g/mol. The second kappa shape index (κ2) is 12.0. The van der Waals surface area contributed by atoms with Gasteiger partial charge in [-0.1, -0.05) is 86.1 Å². The third-order valence-corrected chi connectivity index (χ3v) is 7.77. The van der Waals surface area contributed by atoms with Crippen LogP contribution in [0.2, 0.25) is 0 Å². The minimum Gasteiger partial charge on any atom is -0.491 e. The Morgan fingerprint density at radius 2 is 0.917 bits per heavy atom. The Hall–Kier alpha value is -2.04. The van der Waals surface area contributed by atoms with Crippen molar-refractivity contribution in [2.75, 3.05) is 26.4 Å². The van der Waals surface area contributed by atoms with E-state index < -0.39 is 0 Å². The number of rotatable bonds is 12. The maximum atomic E-state index is 9.44. The number of benzene rings is 2. The number of ether oxygens (including phenoxy) is 2. The van der Waals surface area contributed by atoms with Gasteiger partial charge in [0.1, 0.15) is 24.7 Å². The molecule has 0 spiro atoms. The molecule has 2 N–H and O–H groups in total. The molecule has 2 aromatic rings. The van der Waals surface area contributed by atoms with Gasteiger partial charge in [-0.05, 0) is 69.9 Å². The van der Waals surface area contributed by atoms with Gasteiger partial charge in [0, 0.05) is 5.41 Å². The van der Waals surface area contributed by atoms with Crippen molar-refractivity contribution in [3.63, 3.8) is 0 Å². The zero-order chi connectivity index (χ0) is 26.6. The van der Waals surface area contributed by atoms with Gasteiger partial charge < -0.3 is 19.7 Å². The highest BCUT2D eigenvalue weighted by Crippen LogP contribution is 2.53. The summed E-state index contributed by atoms with van der Waals surface area (Å²) in [6.45, 7) is 18.5. The number of hydrogen-bond acceptors (Lipinski definition) is 4. The molecule has 1 aliphatic rings. The Morgan fingerprint density at radius 3 is 1.11 bits per heavy atom. The van der Waals surface area contributed by atoms with Gasteiger partial charge in [0.2, 0.25) is 0 Å². The minimum absolute atomic E-state index is 0.0153. The van der Waals surface area contributed by atoms with Crippen LogP contribution in [0.15, 0.2) is 24.3 Å². The van der Waals surface area contributed by atoms with E-state index in [0.29, 0.717) is 36.9 Å². The number of hydrogen-bond donors (Lipinski definition) is 2. The van der Waals surface area contributed by atoms with Crippen molar-refractivity contribution in [1.82, 2.24) is 0 Å². The molecule has 36 heavy (non-hydrogen) atoms. The first-order valence-electron chi connectivity index (χ1n) is 13.9. The van der Waals surface area contributed by atoms with Gasteiger partial charge in [0.05, 0.1) is 13.2 Å². The molecule has 0 aromatic heterocycles. The van der Waals surface area contributed by atoms with E-state index in [-0.39, 0.29) is 18.6 Å². The molecule has 4 nitrogen and oxygen atoms in total. The van der Waals surface area contributed by atoms with E-state index in [0.717, 1.165) is 24.3 Å². The lowest BCUT2D eigenvalue weighted by Crippen LogP contribution is -2.36. The van der Waals surface area contributed by atoms with Crippen LogP contribution < -0.4 is 9.47 Å². The highest BCUT2D eigenvalue weighted by molar-refractivity contribution is 5.56. The summed E-state index contributed by atoms with van der Waals surface area (Å²) in [7, 11) is 0. The molecule has 200 valence electrons. The molecule has 0 atom stereocenters. The topological polar surface area (TPSA) is 58.9 Å². The maximum absolute atomic E-state index is 9.44. The third kappa shape index (κ3) is 5.60. The molecule has 3 rings (SSSR count). The third-order valence-electron chi connectivity index (χ3n) is 7.77. The number of aliphatic hydroxyl groups is 2. The predicted molar refractivity (Wildman–Crippen MR) is 149 cm³/mol. The molecule has 4 heteroatoms. The van der Waals surface area contributed by atoms with E-state index in [9.17, 15) is 10.2 Å². The molecule has 0 unspecified atom stereocenters. The van der Waals surface area contributed by atoms with Crippen molar-refractivity contribution in [2.45, 2.75) is 104 Å². The highest BCUT2D eigenvalue weighted by atomic mass is 16.5. The summed E-state index contributed by atoms with van der Waals surface area (Å²) >= 11 is 0. The van der Waals surface area contributed by atoms with Crippen LogP contribution in [0, 0.1) is 0 Å². The molecule has 0 bridgehead atoms. The van der Waals surface area contributed by atoms with Crippen LogP contribution in [0.4, 0.5) is 0 Å². The summed E-state index contributed by atoms with van der Waals surface area (Å²) in [5, 5.41) is 18.9. The lowest BCUT2D eigenvalue weighted by Gasteiger charge is -2.45. The molecule has 0 aliphatic heterocycles. The largest absolute Gasteiger partial charge is 0.491 e. The van der Waals surface area contributed by atoms with Crippen molar-refractivity contribution >= 4 is 0 Å². The fourth-order valence-corrected chi connectivity index (χ4v) is 5.52. The summed E-state index contributed by atoms with van der Waals surface area (Å²) in [6, 6.07) is 9.51. The fraction of sp³-hybridized carbons (Fsp3) is 0.625. The van der Waals surface area contributed by atoms with Crippen LogP contribution in [-0.2, 0) is 5.41 Å².